The number of nitrogens with zero attached hydrogens (tertiary/aromatic N) is 1. The minimum atomic E-state index is 0.259. The van der Waals surface area contributed by atoms with Crippen LogP contribution >= 0.6 is 0 Å². The summed E-state index contributed by atoms with van der Waals surface area (Å²) in [6.07, 6.45) is 7.64. The third-order valence-electron chi connectivity index (χ3n) is 6.19. The summed E-state index contributed by atoms with van der Waals surface area (Å²) >= 11 is 0. The number of piperidine rings is 1. The molecule has 2 aliphatic carbocycles. The van der Waals surface area contributed by atoms with Crippen molar-refractivity contribution in [1.29, 1.82) is 0 Å². The molecular formula is C18H25NO. The van der Waals surface area contributed by atoms with E-state index in [0.717, 1.165) is 18.1 Å². The fraction of sp³-hybridized carbons (Fsp3) is 0.667. The van der Waals surface area contributed by atoms with Crippen LogP contribution in [0.2, 0.25) is 0 Å². The molecule has 0 radical (unpaired) electrons. The molecule has 2 nitrogen and oxygen atoms in total. The van der Waals surface area contributed by atoms with E-state index in [2.05, 4.69) is 18.0 Å². The van der Waals surface area contributed by atoms with Gasteiger partial charge in [0.05, 0.1) is 8.48 Å². The molecule has 4 rings (SSSR count). The first-order valence-electron chi connectivity index (χ1n) is 8.54. The molecule has 0 N–H and O–H groups in total. The summed E-state index contributed by atoms with van der Waals surface area (Å²) in [4.78, 5) is 2.57. The number of likely N-dealkylation sites (N-methyl/N-ethyl adjacent to an activating group) is 1. The number of likely N-dealkylation sites (tertiary alicyclic amines) is 1. The van der Waals surface area contributed by atoms with Crippen molar-refractivity contribution in [2.24, 2.45) is 5.92 Å². The van der Waals surface area contributed by atoms with Crippen molar-refractivity contribution < 1.29 is 6.11 Å². The number of ether oxygens (including phenoxy) is 1. The predicted molar refractivity (Wildman–Crippen MR) is 81.4 cm³/mol. The number of benzene rings is 1. The molecule has 3 aliphatic rings. The first-order valence-corrected chi connectivity index (χ1v) is 8.04. The van der Waals surface area contributed by atoms with Crippen molar-refractivity contribution >= 4 is 0 Å². The van der Waals surface area contributed by atoms with Gasteiger partial charge in [0.2, 0.25) is 0 Å². The number of hydrogen-bond acceptors (Lipinski definition) is 2. The minimum absolute atomic E-state index is 0.259. The molecular weight excluding hydrogens is 246 g/mol. The average Bonchev–Trinajstić information content (AvgIpc) is 2.51. The number of fused-ring (bicyclic) bond motifs is 1. The zero-order valence-electron chi connectivity index (χ0n) is 13.6. The summed E-state index contributed by atoms with van der Waals surface area (Å²) in [6.45, 7) is 1.18. The third-order valence-corrected chi connectivity index (χ3v) is 6.19. The van der Waals surface area contributed by atoms with Crippen molar-refractivity contribution in [2.45, 2.75) is 50.0 Å². The molecule has 2 bridgehead atoms. The fourth-order valence-electron chi connectivity index (χ4n) is 5.18. The molecule has 3 atom stereocenters. The maximum absolute atomic E-state index is 8.68. The minimum Gasteiger partial charge on any atom is -0.497 e. The standard InChI is InChI=1S/C18H25NO/c1-19-10-9-18-8-4-3-5-15(18)17(19)11-13-6-7-14(20-2)12-16(13)18/h6-7,12,15,17H,3-5,8-11H2,1-2H3/t15-,17+,18+/m0/s1/i12D. The van der Waals surface area contributed by atoms with Gasteiger partial charge >= 0.3 is 0 Å². The van der Waals surface area contributed by atoms with Crippen LogP contribution in [0, 0.1) is 5.92 Å². The van der Waals surface area contributed by atoms with Gasteiger partial charge in [-0.3, -0.25) is 0 Å². The zero-order valence-corrected chi connectivity index (χ0v) is 12.6. The van der Waals surface area contributed by atoms with Gasteiger partial charge in [0.25, 0.3) is 0 Å². The lowest BCUT2D eigenvalue weighted by molar-refractivity contribution is 0.00274. The molecule has 0 spiro atoms. The third kappa shape index (κ3) is 1.60. The quantitative estimate of drug-likeness (QED) is 0.777. The Kier molecular flexibility index (Phi) is 2.61. The molecule has 108 valence electrons. The zero-order chi connectivity index (χ0) is 14.6. The second-order valence-corrected chi connectivity index (χ2v) is 6.94. The summed E-state index contributed by atoms with van der Waals surface area (Å²) in [6, 6.07) is 5.57. The highest BCUT2D eigenvalue weighted by Crippen LogP contribution is 2.55. The number of rotatable bonds is 1. The first kappa shape index (κ1) is 11.6. The van der Waals surface area contributed by atoms with Gasteiger partial charge in [0.15, 0.2) is 0 Å². The topological polar surface area (TPSA) is 12.5 Å². The van der Waals surface area contributed by atoms with Gasteiger partial charge in [-0.25, -0.2) is 0 Å². The summed E-state index contributed by atoms with van der Waals surface area (Å²) in [5.41, 5.74) is 3.01. The Morgan fingerprint density at radius 2 is 2.25 bits per heavy atom. The van der Waals surface area contributed by atoms with Crippen molar-refractivity contribution in [1.82, 2.24) is 4.90 Å². The molecule has 1 heterocycles. The average molecular weight is 272 g/mol. The first-order chi connectivity index (χ1) is 10.2. The van der Waals surface area contributed by atoms with E-state index in [-0.39, 0.29) is 5.41 Å². The maximum atomic E-state index is 8.68. The van der Waals surface area contributed by atoms with Crippen LogP contribution in [0.4, 0.5) is 0 Å². The Morgan fingerprint density at radius 1 is 1.35 bits per heavy atom. The molecule has 1 saturated heterocycles. The lowest BCUT2D eigenvalue weighted by Gasteiger charge is -2.58. The van der Waals surface area contributed by atoms with Gasteiger partial charge in [-0.15, -0.1) is 0 Å². The van der Waals surface area contributed by atoms with Gasteiger partial charge in [-0.1, -0.05) is 18.9 Å². The van der Waals surface area contributed by atoms with Crippen LogP contribution in [-0.4, -0.2) is 31.6 Å². The molecule has 2 fully saturated rings. The van der Waals surface area contributed by atoms with E-state index in [9.17, 15) is 0 Å². The van der Waals surface area contributed by atoms with Crippen molar-refractivity contribution in [3.63, 3.8) is 0 Å². The summed E-state index contributed by atoms with van der Waals surface area (Å²) in [5, 5.41) is 0. The van der Waals surface area contributed by atoms with E-state index in [1.54, 1.807) is 7.11 Å². The highest BCUT2D eigenvalue weighted by atomic mass is 16.5. The summed E-state index contributed by atoms with van der Waals surface area (Å²) in [5.74, 6) is 1.50. The van der Waals surface area contributed by atoms with E-state index in [4.69, 9.17) is 6.11 Å². The molecule has 1 aliphatic heterocycles. The highest BCUT2D eigenvalue weighted by molar-refractivity contribution is 5.45. The van der Waals surface area contributed by atoms with Crippen LogP contribution in [0.15, 0.2) is 18.2 Å². The molecule has 2 heteroatoms. The second kappa shape index (κ2) is 4.49. The fourth-order valence-corrected chi connectivity index (χ4v) is 5.18. The lowest BCUT2D eigenvalue weighted by Crippen LogP contribution is -2.59. The van der Waals surface area contributed by atoms with Crippen LogP contribution in [0.25, 0.3) is 0 Å². The van der Waals surface area contributed by atoms with Gasteiger partial charge in [-0.05, 0) is 68.4 Å². The summed E-state index contributed by atoms with van der Waals surface area (Å²) < 4.78 is 14.1. The number of methoxy groups -OCH3 is 1. The van der Waals surface area contributed by atoms with Crippen molar-refractivity contribution in [3.05, 3.63) is 29.3 Å². The van der Waals surface area contributed by atoms with Crippen LogP contribution < -0.4 is 4.74 Å². The van der Waals surface area contributed by atoms with Crippen LogP contribution in [0.1, 0.15) is 44.6 Å². The van der Waals surface area contributed by atoms with Gasteiger partial charge in [0.1, 0.15) is 5.75 Å². The monoisotopic (exact) mass is 272 g/mol. The van der Waals surface area contributed by atoms with Crippen LogP contribution in [0.5, 0.6) is 5.75 Å². The van der Waals surface area contributed by atoms with Gasteiger partial charge in [-0.2, -0.15) is 0 Å². The Labute approximate surface area is 123 Å². The Bertz CT molecular complexity index is 573. The molecule has 20 heavy (non-hydrogen) atoms. The molecule has 1 aromatic carbocycles. The second-order valence-electron chi connectivity index (χ2n) is 6.94. The van der Waals surface area contributed by atoms with Crippen molar-refractivity contribution in [3.8, 4) is 5.75 Å². The molecule has 1 saturated carbocycles. The van der Waals surface area contributed by atoms with E-state index in [0.29, 0.717) is 12.1 Å². The van der Waals surface area contributed by atoms with Gasteiger partial charge < -0.3 is 9.64 Å². The Hall–Kier alpha value is -1.02. The lowest BCUT2D eigenvalue weighted by atomic mass is 9.52. The summed E-state index contributed by atoms with van der Waals surface area (Å²) in [7, 11) is 3.98. The molecule has 0 aromatic heterocycles. The predicted octanol–water partition coefficient (Wildman–Crippen LogP) is 3.38. The normalized spacial score (nSPS) is 36.8. The van der Waals surface area contributed by atoms with E-state index in [1.165, 1.54) is 49.8 Å². The highest BCUT2D eigenvalue weighted by Gasteiger charge is 2.53. The number of hydrogen-bond donors (Lipinski definition) is 0. The van der Waals surface area contributed by atoms with E-state index >= 15 is 0 Å². The SMILES string of the molecule is [2H]c1c(OC)ccc2c1[C@@]13CCCC[C@H]1[C@@H](C2)N(C)CC3. The Morgan fingerprint density at radius 3 is 3.10 bits per heavy atom. The maximum Gasteiger partial charge on any atom is 0.119 e. The Balaban J connectivity index is 1.93. The molecule has 0 unspecified atom stereocenters. The van der Waals surface area contributed by atoms with Gasteiger partial charge in [0, 0.05) is 11.5 Å². The largest absolute Gasteiger partial charge is 0.497 e. The van der Waals surface area contributed by atoms with Crippen LogP contribution in [0.3, 0.4) is 0 Å². The van der Waals surface area contributed by atoms with Crippen LogP contribution in [-0.2, 0) is 11.8 Å². The molecule has 0 amide bonds. The van der Waals surface area contributed by atoms with Crippen molar-refractivity contribution in [2.75, 3.05) is 20.7 Å². The van der Waals surface area contributed by atoms with E-state index in [1.807, 2.05) is 6.07 Å². The molecule has 1 aromatic rings. The van der Waals surface area contributed by atoms with E-state index < -0.39 is 0 Å². The smallest absolute Gasteiger partial charge is 0.119 e.